The molecule has 3 rings (SSSR count). The van der Waals surface area contributed by atoms with Crippen LogP contribution < -0.4 is 11.3 Å². The average molecular weight is 257 g/mol. The zero-order valence-electron chi connectivity index (χ0n) is 9.54. The van der Waals surface area contributed by atoms with Crippen molar-refractivity contribution in [2.75, 3.05) is 5.73 Å². The highest BCUT2D eigenvalue weighted by molar-refractivity contribution is 7.17. The van der Waals surface area contributed by atoms with E-state index in [1.165, 1.54) is 26.9 Å². The van der Waals surface area contributed by atoms with E-state index in [0.29, 0.717) is 12.4 Å². The second-order valence-electron chi connectivity index (χ2n) is 4.01. The van der Waals surface area contributed by atoms with Gasteiger partial charge in [-0.2, -0.15) is 5.10 Å². The molecular formula is C13H11N3OS. The maximum absolute atomic E-state index is 11.7. The number of nitrogen functional groups attached to an aromatic ring is 1. The van der Waals surface area contributed by atoms with Gasteiger partial charge in [-0.1, -0.05) is 18.2 Å². The molecule has 90 valence electrons. The monoisotopic (exact) mass is 257 g/mol. The lowest BCUT2D eigenvalue weighted by Gasteiger charge is -2.04. The molecule has 2 N–H and O–H groups in total. The molecule has 0 spiro atoms. The number of nitrogens with two attached hydrogens (primary N) is 1. The topological polar surface area (TPSA) is 60.9 Å². The van der Waals surface area contributed by atoms with E-state index in [1.807, 2.05) is 12.1 Å². The van der Waals surface area contributed by atoms with Gasteiger partial charge in [-0.25, -0.2) is 4.68 Å². The van der Waals surface area contributed by atoms with E-state index in [0.717, 1.165) is 5.56 Å². The van der Waals surface area contributed by atoms with E-state index in [-0.39, 0.29) is 5.56 Å². The molecule has 18 heavy (non-hydrogen) atoms. The Morgan fingerprint density at radius 1 is 1.22 bits per heavy atom. The predicted molar refractivity (Wildman–Crippen MR) is 73.8 cm³/mol. The maximum atomic E-state index is 11.7. The van der Waals surface area contributed by atoms with E-state index in [2.05, 4.69) is 22.6 Å². The van der Waals surface area contributed by atoms with Crippen molar-refractivity contribution in [2.24, 2.45) is 0 Å². The van der Waals surface area contributed by atoms with Gasteiger partial charge in [0.2, 0.25) is 0 Å². The second kappa shape index (κ2) is 4.27. The molecule has 0 saturated heterocycles. The van der Waals surface area contributed by atoms with Crippen molar-refractivity contribution in [3.05, 3.63) is 57.7 Å². The molecule has 0 bridgehead atoms. The van der Waals surface area contributed by atoms with Gasteiger partial charge in [0.1, 0.15) is 5.82 Å². The van der Waals surface area contributed by atoms with Crippen molar-refractivity contribution < 1.29 is 0 Å². The average Bonchev–Trinajstić information content (AvgIpc) is 2.78. The van der Waals surface area contributed by atoms with Crippen LogP contribution in [0.25, 0.3) is 10.1 Å². The molecule has 0 amide bonds. The third kappa shape index (κ3) is 1.89. The Kier molecular flexibility index (Phi) is 2.60. The number of nitrogens with zero attached hydrogens (tertiary/aromatic N) is 2. The highest BCUT2D eigenvalue weighted by Crippen LogP contribution is 2.25. The maximum Gasteiger partial charge on any atom is 0.267 e. The van der Waals surface area contributed by atoms with E-state index >= 15 is 0 Å². The van der Waals surface area contributed by atoms with Crippen LogP contribution in [0.2, 0.25) is 0 Å². The molecule has 2 aromatic heterocycles. The number of thiophene rings is 1. The van der Waals surface area contributed by atoms with Gasteiger partial charge in [0.05, 0.1) is 6.54 Å². The lowest BCUT2D eigenvalue weighted by Crippen LogP contribution is -2.23. The molecule has 0 radical (unpaired) electrons. The summed E-state index contributed by atoms with van der Waals surface area (Å²) in [6.07, 6.45) is 0. The first-order valence-electron chi connectivity index (χ1n) is 5.53. The summed E-state index contributed by atoms with van der Waals surface area (Å²) in [6, 6.07) is 11.1. The van der Waals surface area contributed by atoms with Gasteiger partial charge in [-0.05, 0) is 28.5 Å². The van der Waals surface area contributed by atoms with Crippen molar-refractivity contribution in [2.45, 2.75) is 6.54 Å². The van der Waals surface area contributed by atoms with Crippen LogP contribution in [0.3, 0.4) is 0 Å². The number of anilines is 1. The number of rotatable bonds is 2. The normalized spacial score (nSPS) is 10.9. The fourth-order valence-electron chi connectivity index (χ4n) is 1.89. The molecule has 0 aliphatic heterocycles. The van der Waals surface area contributed by atoms with E-state index in [1.54, 1.807) is 11.3 Å². The number of hydrogen-bond acceptors (Lipinski definition) is 4. The largest absolute Gasteiger partial charge is 0.382 e. The SMILES string of the molecule is Nc1ccc(=O)n(Cc2csc3ccccc23)n1. The Balaban J connectivity index is 2.07. The van der Waals surface area contributed by atoms with Gasteiger partial charge in [0, 0.05) is 10.8 Å². The smallest absolute Gasteiger partial charge is 0.267 e. The quantitative estimate of drug-likeness (QED) is 0.764. The van der Waals surface area contributed by atoms with Gasteiger partial charge in [-0.15, -0.1) is 11.3 Å². The number of aromatic nitrogens is 2. The molecule has 0 aliphatic carbocycles. The van der Waals surface area contributed by atoms with Gasteiger partial charge in [0.15, 0.2) is 0 Å². The van der Waals surface area contributed by atoms with Crippen LogP contribution in [0.15, 0.2) is 46.6 Å². The minimum atomic E-state index is -0.139. The molecule has 2 heterocycles. The van der Waals surface area contributed by atoms with Crippen LogP contribution in [-0.2, 0) is 6.54 Å². The Morgan fingerprint density at radius 3 is 2.94 bits per heavy atom. The number of fused-ring (bicyclic) bond motifs is 1. The van der Waals surface area contributed by atoms with Crippen LogP contribution >= 0.6 is 11.3 Å². The molecule has 0 atom stereocenters. The standard InChI is InChI=1S/C13H11N3OS/c14-12-5-6-13(17)16(15-12)7-9-8-18-11-4-2-1-3-10(9)11/h1-6,8H,7H2,(H2,14,15). The summed E-state index contributed by atoms with van der Waals surface area (Å²) in [7, 11) is 0. The summed E-state index contributed by atoms with van der Waals surface area (Å²) < 4.78 is 2.61. The van der Waals surface area contributed by atoms with E-state index < -0.39 is 0 Å². The highest BCUT2D eigenvalue weighted by atomic mass is 32.1. The third-order valence-corrected chi connectivity index (χ3v) is 3.78. The van der Waals surface area contributed by atoms with Crippen LogP contribution in [0, 0.1) is 0 Å². The Hall–Kier alpha value is -2.14. The van der Waals surface area contributed by atoms with Crippen molar-refractivity contribution in [1.29, 1.82) is 0 Å². The highest BCUT2D eigenvalue weighted by Gasteiger charge is 2.06. The van der Waals surface area contributed by atoms with Crippen LogP contribution in [0.1, 0.15) is 5.56 Å². The molecular weight excluding hydrogens is 246 g/mol. The minimum Gasteiger partial charge on any atom is -0.382 e. The second-order valence-corrected chi connectivity index (χ2v) is 4.92. The summed E-state index contributed by atoms with van der Waals surface area (Å²) in [4.78, 5) is 11.7. The Bertz CT molecular complexity index is 760. The van der Waals surface area contributed by atoms with Crippen LogP contribution in [0.5, 0.6) is 0 Å². The van der Waals surface area contributed by atoms with E-state index in [4.69, 9.17) is 5.73 Å². The van der Waals surface area contributed by atoms with Crippen LogP contribution in [0.4, 0.5) is 5.82 Å². The first-order chi connectivity index (χ1) is 8.74. The summed E-state index contributed by atoms with van der Waals surface area (Å²) in [5, 5.41) is 7.26. The molecule has 5 heteroatoms. The molecule has 0 aliphatic rings. The lowest BCUT2D eigenvalue weighted by molar-refractivity contribution is 0.648. The summed E-state index contributed by atoms with van der Waals surface area (Å²) in [6.45, 7) is 0.452. The van der Waals surface area contributed by atoms with E-state index in [9.17, 15) is 4.79 Å². The summed E-state index contributed by atoms with van der Waals surface area (Å²) in [5.41, 5.74) is 6.55. The van der Waals surface area contributed by atoms with Crippen molar-refractivity contribution in [3.63, 3.8) is 0 Å². The molecule has 1 aromatic carbocycles. The van der Waals surface area contributed by atoms with Gasteiger partial charge in [-0.3, -0.25) is 4.79 Å². The number of benzene rings is 1. The first-order valence-corrected chi connectivity index (χ1v) is 6.41. The van der Waals surface area contributed by atoms with Crippen molar-refractivity contribution in [3.8, 4) is 0 Å². The summed E-state index contributed by atoms with van der Waals surface area (Å²) >= 11 is 1.67. The van der Waals surface area contributed by atoms with Crippen molar-refractivity contribution >= 4 is 27.2 Å². The predicted octanol–water partition coefficient (Wildman–Crippen LogP) is 2.09. The first kappa shape index (κ1) is 11.0. The fraction of sp³-hybridized carbons (Fsp3) is 0.0769. The molecule has 3 aromatic rings. The Labute approximate surface area is 107 Å². The number of hydrogen-bond donors (Lipinski definition) is 1. The zero-order chi connectivity index (χ0) is 12.5. The third-order valence-electron chi connectivity index (χ3n) is 2.77. The molecule has 0 unspecified atom stereocenters. The Morgan fingerprint density at radius 2 is 2.06 bits per heavy atom. The fourth-order valence-corrected chi connectivity index (χ4v) is 2.85. The minimum absolute atomic E-state index is 0.139. The van der Waals surface area contributed by atoms with Gasteiger partial charge < -0.3 is 5.73 Å². The summed E-state index contributed by atoms with van der Waals surface area (Å²) in [5.74, 6) is 0.356. The van der Waals surface area contributed by atoms with Gasteiger partial charge in [0.25, 0.3) is 5.56 Å². The molecule has 0 saturated carbocycles. The van der Waals surface area contributed by atoms with Crippen molar-refractivity contribution in [1.82, 2.24) is 9.78 Å². The van der Waals surface area contributed by atoms with Gasteiger partial charge >= 0.3 is 0 Å². The lowest BCUT2D eigenvalue weighted by atomic mass is 10.2. The molecule has 4 nitrogen and oxygen atoms in total. The molecule has 0 fully saturated rings. The van der Waals surface area contributed by atoms with Crippen LogP contribution in [-0.4, -0.2) is 9.78 Å². The zero-order valence-corrected chi connectivity index (χ0v) is 10.4.